The SMILES string of the molecule is C1CCOC1.COc1ccn2c(=O)c(-c3cn(CC(F)(F)C(F)(F)F)nn3)c(C(F)(F)F)nc2c1.COc1ccn2c(=O)c(C#C[Si](C)(C)C)c(C(F)(F)F)nc2c1.[Cu][I].[N-]=[N+]=NCC(F)(F)C(F)(F)F. The molecule has 0 radical (unpaired) electrons. The Morgan fingerprint density at radius 2 is 1.24 bits per heavy atom. The monoisotopic (exact) mass is 1220 g/mol. The van der Waals surface area contributed by atoms with E-state index in [0.29, 0.717) is 16.3 Å². The molecule has 1 aliphatic heterocycles. The maximum atomic E-state index is 13.5. The number of ether oxygens (including phenoxy) is 3. The average Bonchev–Trinajstić information content (AvgIpc) is 4.01. The first-order valence-corrected chi connectivity index (χ1v) is 25.5. The number of hydrogen-bond acceptors (Lipinski definition) is 10. The van der Waals surface area contributed by atoms with Gasteiger partial charge in [-0.05, 0) is 30.5 Å². The molecule has 6 rings (SSSR count). The van der Waals surface area contributed by atoms with Gasteiger partial charge < -0.3 is 14.2 Å². The summed E-state index contributed by atoms with van der Waals surface area (Å²) in [5, 5.41) is 8.27. The first kappa shape index (κ1) is 61.8. The number of alkyl halides is 16. The fourth-order valence-corrected chi connectivity index (χ4v) is 5.50. The van der Waals surface area contributed by atoms with Crippen molar-refractivity contribution in [2.24, 2.45) is 5.11 Å². The third-order valence-electron chi connectivity index (χ3n) is 8.32. The minimum absolute atomic E-state index is 0.00863. The van der Waals surface area contributed by atoms with Crippen LogP contribution in [0.5, 0.6) is 11.5 Å². The molecular formula is C37H34CuF16IN10O5Si. The third-order valence-corrected chi connectivity index (χ3v) is 9.19. The minimum atomic E-state index is -5.92. The number of halogens is 17. The number of pyridine rings is 2. The van der Waals surface area contributed by atoms with Crippen LogP contribution < -0.4 is 20.6 Å². The molecule has 0 saturated carbocycles. The minimum Gasteiger partial charge on any atom is -0.196 e. The van der Waals surface area contributed by atoms with Crippen molar-refractivity contribution in [3.63, 3.8) is 0 Å². The molecule has 5 aromatic heterocycles. The van der Waals surface area contributed by atoms with E-state index in [1.807, 2.05) is 19.6 Å². The van der Waals surface area contributed by atoms with Crippen LogP contribution in [-0.2, 0) is 36.4 Å². The average molecular weight is 1220 g/mol. The largest absolute Gasteiger partial charge is 0.453 e. The molecular weight excluding hydrogens is 1190 g/mol. The number of rotatable bonds is 7. The van der Waals surface area contributed by atoms with Crippen LogP contribution in [0.15, 0.2) is 57.6 Å². The Kier molecular flexibility index (Phi) is 21.6. The van der Waals surface area contributed by atoms with Crippen molar-refractivity contribution in [2.75, 3.05) is 34.0 Å². The summed E-state index contributed by atoms with van der Waals surface area (Å²) >= 11 is 5.87. The summed E-state index contributed by atoms with van der Waals surface area (Å²) < 4.78 is 217. The second-order valence-electron chi connectivity index (χ2n) is 14.8. The Hall–Kier alpha value is -5.36. The summed E-state index contributed by atoms with van der Waals surface area (Å²) in [7, 11) is 0.660. The fourth-order valence-electron chi connectivity index (χ4n) is 5.00. The molecule has 0 atom stereocenters. The van der Waals surface area contributed by atoms with Gasteiger partial charge in [0.1, 0.15) is 54.2 Å². The predicted molar refractivity (Wildman–Crippen MR) is 225 cm³/mol. The molecule has 0 aliphatic carbocycles. The summed E-state index contributed by atoms with van der Waals surface area (Å²) in [5.41, 5.74) is 1.91. The van der Waals surface area contributed by atoms with E-state index in [0.717, 1.165) is 29.9 Å². The van der Waals surface area contributed by atoms with Crippen LogP contribution in [0.2, 0.25) is 19.6 Å². The summed E-state index contributed by atoms with van der Waals surface area (Å²) in [5.74, 6) is -7.33. The summed E-state index contributed by atoms with van der Waals surface area (Å²) in [6.45, 7) is 3.70. The maximum Gasteiger partial charge on any atom is 0.453 e. The van der Waals surface area contributed by atoms with Crippen LogP contribution in [0.1, 0.15) is 29.8 Å². The van der Waals surface area contributed by atoms with Gasteiger partial charge in [-0.15, -0.1) is 10.6 Å². The fraction of sp³-hybridized carbons (Fsp3) is 0.459. The first-order chi connectivity index (χ1) is 32.6. The molecule has 1 saturated heterocycles. The Labute approximate surface area is 409 Å². The molecule has 0 spiro atoms. The van der Waals surface area contributed by atoms with Gasteiger partial charge in [0.15, 0.2) is 11.4 Å². The molecule has 0 aromatic carbocycles. The Morgan fingerprint density at radius 1 is 0.775 bits per heavy atom. The van der Waals surface area contributed by atoms with E-state index in [-0.39, 0.29) is 16.1 Å². The first-order valence-electron chi connectivity index (χ1n) is 19.0. The number of azide groups is 1. The molecule has 15 nitrogen and oxygen atoms in total. The van der Waals surface area contributed by atoms with Crippen molar-refractivity contribution in [1.29, 1.82) is 0 Å². The van der Waals surface area contributed by atoms with Gasteiger partial charge in [0.25, 0.3) is 11.1 Å². The van der Waals surface area contributed by atoms with Crippen LogP contribution in [-0.4, -0.2) is 100 Å². The topological polar surface area (TPSA) is 176 Å². The molecule has 5 aromatic rings. The molecule has 1 fully saturated rings. The molecule has 0 N–H and O–H groups in total. The number of methoxy groups -OCH3 is 2. The maximum absolute atomic E-state index is 13.5. The van der Waals surface area contributed by atoms with Crippen molar-refractivity contribution in [1.82, 2.24) is 33.8 Å². The quantitative estimate of drug-likeness (QED) is 0.0292. The molecule has 34 heteroatoms. The standard InChI is InChI=1S/C15H9F8N5O2.C15H15F3N2O2Si.C4H8O.C3H2F5N3.Cu.HI/c1-30-7-2-3-28-9(4-7)24-11(14(18,19)20)10(12(28)29)8-5-27(26-25-8)6-13(16,17)15(21,22)23;1-22-10-5-7-20-12(9-10)19-13(15(16,17)18)11(14(20)21)6-8-23(2,3)4;1-2-4-5-3-1;4-2(5,1-10-11-9)3(6,7)8;;/h2-5H,6H2,1H3;5,7,9H,1-4H3;1-4H2;1H2;;1H/q;;;;+1;/p-1. The smallest absolute Gasteiger partial charge is 0.196 e. The molecule has 0 amide bonds. The van der Waals surface area contributed by atoms with Gasteiger partial charge in [0, 0.05) is 42.7 Å². The van der Waals surface area contributed by atoms with Gasteiger partial charge >= 0.3 is 69.7 Å². The van der Waals surface area contributed by atoms with Gasteiger partial charge in [-0.25, -0.2) is 14.6 Å². The van der Waals surface area contributed by atoms with Gasteiger partial charge in [-0.1, -0.05) is 35.9 Å². The van der Waals surface area contributed by atoms with E-state index in [4.69, 9.17) is 19.7 Å². The van der Waals surface area contributed by atoms with Gasteiger partial charge in [0.05, 0.1) is 27.0 Å². The van der Waals surface area contributed by atoms with Gasteiger partial charge in [0.2, 0.25) is 0 Å². The van der Waals surface area contributed by atoms with Crippen molar-refractivity contribution in [3.05, 3.63) is 91.0 Å². The zero-order chi connectivity index (χ0) is 54.6. The zero-order valence-corrected chi connectivity index (χ0v) is 40.6. The van der Waals surface area contributed by atoms with E-state index in [1.54, 1.807) is 25.3 Å². The van der Waals surface area contributed by atoms with E-state index < -0.39 is 103 Å². The van der Waals surface area contributed by atoms with Crippen LogP contribution in [0.3, 0.4) is 0 Å². The Bertz CT molecular complexity index is 2820. The normalized spacial score (nSPS) is 13.1. The van der Waals surface area contributed by atoms with Crippen molar-refractivity contribution >= 4 is 39.7 Å². The van der Waals surface area contributed by atoms with Crippen LogP contribution in [0, 0.1) is 11.5 Å². The number of aromatic nitrogens is 7. The zero-order valence-electron chi connectivity index (χ0n) is 36.5. The third kappa shape index (κ3) is 17.4. The molecule has 71 heavy (non-hydrogen) atoms. The van der Waals surface area contributed by atoms with E-state index in [1.165, 1.54) is 51.5 Å². The summed E-state index contributed by atoms with van der Waals surface area (Å²) in [6.07, 6.45) is -16.2. The Balaban J connectivity index is 0.000000369. The van der Waals surface area contributed by atoms with E-state index >= 15 is 0 Å². The van der Waals surface area contributed by atoms with Crippen molar-refractivity contribution in [2.45, 2.75) is 75.6 Å². The number of fused-ring (bicyclic) bond motifs is 2. The van der Waals surface area contributed by atoms with Crippen LogP contribution in [0.4, 0.5) is 70.2 Å². The van der Waals surface area contributed by atoms with Crippen LogP contribution >= 0.6 is 20.3 Å². The van der Waals surface area contributed by atoms with Crippen molar-refractivity contribution < 1.29 is 97.2 Å². The molecule has 396 valence electrons. The predicted octanol–water partition coefficient (Wildman–Crippen LogP) is 10.3. The van der Waals surface area contributed by atoms with Gasteiger partial charge in [-0.3, -0.25) is 18.4 Å². The van der Waals surface area contributed by atoms with Gasteiger partial charge in [-0.2, -0.15) is 70.2 Å². The second kappa shape index (κ2) is 24.8. The molecule has 0 unspecified atom stereocenters. The molecule has 0 bridgehead atoms. The van der Waals surface area contributed by atoms with E-state index in [2.05, 4.69) is 49.6 Å². The number of hydrogen-bond donors (Lipinski definition) is 0. The summed E-state index contributed by atoms with van der Waals surface area (Å²) in [6, 6.07) is 5.03. The number of nitrogens with zero attached hydrogens (tertiary/aromatic N) is 10. The van der Waals surface area contributed by atoms with E-state index in [9.17, 15) is 79.8 Å². The summed E-state index contributed by atoms with van der Waals surface area (Å²) in [4.78, 5) is 33.8. The molecule has 6 heterocycles. The van der Waals surface area contributed by atoms with Crippen LogP contribution in [0.25, 0.3) is 33.0 Å². The van der Waals surface area contributed by atoms with Crippen molar-refractivity contribution in [3.8, 4) is 34.2 Å². The molecule has 1 aliphatic rings. The Morgan fingerprint density at radius 3 is 1.63 bits per heavy atom. The second-order valence-corrected chi connectivity index (χ2v) is 19.5.